The van der Waals surface area contributed by atoms with E-state index in [9.17, 15) is 0 Å². The Morgan fingerprint density at radius 2 is 2.25 bits per heavy atom. The zero-order valence-electron chi connectivity index (χ0n) is 6.45. The number of fused-ring (bicyclic) bond motifs is 1. The lowest BCUT2D eigenvalue weighted by Gasteiger charge is -1.94. The highest BCUT2D eigenvalue weighted by molar-refractivity contribution is 6.34. The van der Waals surface area contributed by atoms with Gasteiger partial charge in [0.15, 0.2) is 5.65 Å². The minimum atomic E-state index is 0.446. The summed E-state index contributed by atoms with van der Waals surface area (Å²) >= 11 is 5.86. The van der Waals surface area contributed by atoms with E-state index in [1.807, 2.05) is 6.92 Å². The summed E-state index contributed by atoms with van der Waals surface area (Å²) in [6.45, 7) is 1.92. The van der Waals surface area contributed by atoms with Gasteiger partial charge in [-0.2, -0.15) is 0 Å². The number of nitrogens with zero attached hydrogens (tertiary/aromatic N) is 3. The van der Waals surface area contributed by atoms with Crippen molar-refractivity contribution in [2.75, 3.05) is 5.84 Å². The SMILES string of the molecule is Cc1cn(N)c2ncnc(Cl)c12. The number of halogens is 1. The number of nitrogens with two attached hydrogens (primary N) is 1. The van der Waals surface area contributed by atoms with Crippen LogP contribution in [0.25, 0.3) is 11.0 Å². The van der Waals surface area contributed by atoms with Gasteiger partial charge >= 0.3 is 0 Å². The first-order valence-corrected chi connectivity index (χ1v) is 3.81. The Kier molecular flexibility index (Phi) is 1.44. The van der Waals surface area contributed by atoms with Gasteiger partial charge in [0.05, 0.1) is 5.39 Å². The molecule has 0 aliphatic heterocycles. The first-order chi connectivity index (χ1) is 5.70. The normalized spacial score (nSPS) is 10.8. The first kappa shape index (κ1) is 7.36. The summed E-state index contributed by atoms with van der Waals surface area (Å²) in [4.78, 5) is 7.87. The van der Waals surface area contributed by atoms with Crippen LogP contribution < -0.4 is 5.84 Å². The van der Waals surface area contributed by atoms with Crippen LogP contribution in [0.15, 0.2) is 12.5 Å². The first-order valence-electron chi connectivity index (χ1n) is 3.43. The second kappa shape index (κ2) is 2.35. The van der Waals surface area contributed by atoms with Gasteiger partial charge in [0, 0.05) is 6.20 Å². The topological polar surface area (TPSA) is 56.7 Å². The lowest BCUT2D eigenvalue weighted by Crippen LogP contribution is -2.06. The average molecular weight is 183 g/mol. The third-order valence-corrected chi connectivity index (χ3v) is 2.04. The maximum absolute atomic E-state index is 5.86. The summed E-state index contributed by atoms with van der Waals surface area (Å²) in [5.41, 5.74) is 1.64. The highest BCUT2D eigenvalue weighted by atomic mass is 35.5. The van der Waals surface area contributed by atoms with E-state index in [1.54, 1.807) is 6.20 Å². The van der Waals surface area contributed by atoms with Gasteiger partial charge in [-0.25, -0.2) is 9.97 Å². The molecule has 4 nitrogen and oxygen atoms in total. The molecule has 0 bridgehead atoms. The lowest BCUT2D eigenvalue weighted by molar-refractivity contribution is 1.02. The standard InChI is InChI=1S/C7H7ClN4/c1-4-2-12(9)7-5(4)6(8)10-3-11-7/h2-3H,9H2,1H3. The molecule has 0 aliphatic rings. The van der Waals surface area contributed by atoms with Crippen LogP contribution in [0, 0.1) is 6.92 Å². The molecule has 2 aromatic heterocycles. The number of hydrogen-bond donors (Lipinski definition) is 1. The molecule has 0 spiro atoms. The molecule has 12 heavy (non-hydrogen) atoms. The summed E-state index contributed by atoms with van der Waals surface area (Å²) in [6.07, 6.45) is 3.17. The predicted molar refractivity (Wildman–Crippen MR) is 47.4 cm³/mol. The van der Waals surface area contributed by atoms with Crippen molar-refractivity contribution in [3.05, 3.63) is 23.2 Å². The van der Waals surface area contributed by atoms with E-state index in [1.165, 1.54) is 11.0 Å². The van der Waals surface area contributed by atoms with Gasteiger partial charge in [0.2, 0.25) is 0 Å². The van der Waals surface area contributed by atoms with E-state index < -0.39 is 0 Å². The molecule has 62 valence electrons. The Morgan fingerprint density at radius 1 is 1.50 bits per heavy atom. The molecule has 0 radical (unpaired) electrons. The number of aryl methyl sites for hydroxylation is 1. The van der Waals surface area contributed by atoms with Crippen molar-refractivity contribution in [3.8, 4) is 0 Å². The van der Waals surface area contributed by atoms with Gasteiger partial charge in [-0.15, -0.1) is 0 Å². The van der Waals surface area contributed by atoms with Crippen LogP contribution in [-0.4, -0.2) is 14.6 Å². The van der Waals surface area contributed by atoms with Gasteiger partial charge in [-0.05, 0) is 12.5 Å². The molecule has 5 heteroatoms. The maximum Gasteiger partial charge on any atom is 0.163 e. The zero-order chi connectivity index (χ0) is 8.72. The summed E-state index contributed by atoms with van der Waals surface area (Å²) in [5.74, 6) is 5.61. The van der Waals surface area contributed by atoms with E-state index in [2.05, 4.69) is 9.97 Å². The fourth-order valence-electron chi connectivity index (χ4n) is 1.22. The van der Waals surface area contributed by atoms with Gasteiger partial charge in [-0.3, -0.25) is 4.68 Å². The zero-order valence-corrected chi connectivity index (χ0v) is 7.21. The predicted octanol–water partition coefficient (Wildman–Crippen LogP) is 1.11. The molecule has 0 aliphatic carbocycles. The molecule has 0 amide bonds. The number of hydrogen-bond acceptors (Lipinski definition) is 3. The van der Waals surface area contributed by atoms with Crippen LogP contribution in [0.5, 0.6) is 0 Å². The van der Waals surface area contributed by atoms with Crippen molar-refractivity contribution in [2.45, 2.75) is 6.92 Å². The van der Waals surface area contributed by atoms with Crippen molar-refractivity contribution >= 4 is 22.6 Å². The van der Waals surface area contributed by atoms with Gasteiger partial charge in [0.1, 0.15) is 11.5 Å². The molecule has 2 rings (SSSR count). The molecule has 0 saturated carbocycles. The fourth-order valence-corrected chi connectivity index (χ4v) is 1.50. The quantitative estimate of drug-likeness (QED) is 0.491. The monoisotopic (exact) mass is 182 g/mol. The Bertz CT molecular complexity index is 434. The van der Waals surface area contributed by atoms with Gasteiger partial charge in [0.25, 0.3) is 0 Å². The van der Waals surface area contributed by atoms with Gasteiger partial charge < -0.3 is 5.84 Å². The molecule has 0 fully saturated rings. The minimum absolute atomic E-state index is 0.446. The van der Waals surface area contributed by atoms with Crippen molar-refractivity contribution in [1.82, 2.24) is 14.6 Å². The smallest absolute Gasteiger partial charge is 0.163 e. The molecular weight excluding hydrogens is 176 g/mol. The van der Waals surface area contributed by atoms with Crippen LogP contribution >= 0.6 is 11.6 Å². The van der Waals surface area contributed by atoms with E-state index in [4.69, 9.17) is 17.4 Å². The van der Waals surface area contributed by atoms with Crippen molar-refractivity contribution in [3.63, 3.8) is 0 Å². The third kappa shape index (κ3) is 0.848. The van der Waals surface area contributed by atoms with Crippen molar-refractivity contribution in [1.29, 1.82) is 0 Å². The minimum Gasteiger partial charge on any atom is -0.338 e. The fraction of sp³-hybridized carbons (Fsp3) is 0.143. The summed E-state index contributed by atoms with van der Waals surface area (Å²) < 4.78 is 1.44. The molecule has 0 aromatic carbocycles. The third-order valence-electron chi connectivity index (χ3n) is 1.75. The Hall–Kier alpha value is -1.29. The number of rotatable bonds is 0. The molecule has 0 saturated heterocycles. The highest BCUT2D eigenvalue weighted by Crippen LogP contribution is 2.22. The van der Waals surface area contributed by atoms with Crippen LogP contribution in [0.4, 0.5) is 0 Å². The highest BCUT2D eigenvalue weighted by Gasteiger charge is 2.08. The maximum atomic E-state index is 5.86. The van der Waals surface area contributed by atoms with E-state index in [0.29, 0.717) is 10.8 Å². The van der Waals surface area contributed by atoms with Crippen LogP contribution in [-0.2, 0) is 0 Å². The average Bonchev–Trinajstić information content (AvgIpc) is 2.29. The molecular formula is C7H7ClN4. The van der Waals surface area contributed by atoms with Crippen molar-refractivity contribution < 1.29 is 0 Å². The van der Waals surface area contributed by atoms with Crippen LogP contribution in [0.2, 0.25) is 5.15 Å². The summed E-state index contributed by atoms with van der Waals surface area (Å²) in [6, 6.07) is 0. The second-order valence-corrected chi connectivity index (χ2v) is 2.94. The second-order valence-electron chi connectivity index (χ2n) is 2.58. The van der Waals surface area contributed by atoms with E-state index in [-0.39, 0.29) is 0 Å². The van der Waals surface area contributed by atoms with Gasteiger partial charge in [-0.1, -0.05) is 11.6 Å². The summed E-state index contributed by atoms with van der Waals surface area (Å²) in [5, 5.41) is 1.27. The Morgan fingerprint density at radius 3 is 2.92 bits per heavy atom. The number of aromatic nitrogens is 3. The molecule has 2 aromatic rings. The van der Waals surface area contributed by atoms with Crippen molar-refractivity contribution in [2.24, 2.45) is 0 Å². The largest absolute Gasteiger partial charge is 0.338 e. The summed E-state index contributed by atoms with van der Waals surface area (Å²) in [7, 11) is 0. The Balaban J connectivity index is 2.99. The molecule has 2 N–H and O–H groups in total. The molecule has 0 unspecified atom stereocenters. The number of nitrogen functional groups attached to an aromatic ring is 1. The van der Waals surface area contributed by atoms with Crippen LogP contribution in [0.3, 0.4) is 0 Å². The molecule has 0 atom stereocenters. The lowest BCUT2D eigenvalue weighted by atomic mass is 10.3. The van der Waals surface area contributed by atoms with E-state index >= 15 is 0 Å². The molecule has 2 heterocycles. The van der Waals surface area contributed by atoms with Crippen LogP contribution in [0.1, 0.15) is 5.56 Å². The van der Waals surface area contributed by atoms with E-state index in [0.717, 1.165) is 10.9 Å². The Labute approximate surface area is 73.9 Å².